The van der Waals surface area contributed by atoms with E-state index in [9.17, 15) is 33.6 Å². The molecule has 14 nitrogen and oxygen atoms in total. The fraction of sp³-hybridized carbons (Fsp3) is 0.559. The van der Waals surface area contributed by atoms with Gasteiger partial charge in [-0.05, 0) is 96.9 Å². The molecule has 0 bridgehead atoms. The maximum atomic E-state index is 14.2. The quantitative estimate of drug-likeness (QED) is 0.130. The monoisotopic (exact) mass is 703 g/mol. The first-order valence-electron chi connectivity index (χ1n) is 16.0. The van der Waals surface area contributed by atoms with Crippen LogP contribution in [0.1, 0.15) is 83.1 Å². The molecule has 0 aromatic heterocycles. The number of thioether (sulfide) groups is 1. The molecule has 0 saturated carbocycles. The highest BCUT2D eigenvalue weighted by Gasteiger charge is 2.40. The van der Waals surface area contributed by atoms with Crippen molar-refractivity contribution in [2.24, 2.45) is 5.73 Å². The van der Waals surface area contributed by atoms with Gasteiger partial charge in [-0.3, -0.25) is 33.8 Å². The van der Waals surface area contributed by atoms with Gasteiger partial charge in [0, 0.05) is 30.8 Å². The first-order chi connectivity index (χ1) is 22.9. The lowest BCUT2D eigenvalue weighted by Crippen LogP contribution is -2.58. The fourth-order valence-corrected chi connectivity index (χ4v) is 5.21. The van der Waals surface area contributed by atoms with Crippen LogP contribution in [-0.4, -0.2) is 99.8 Å². The Kier molecular flexibility index (Phi) is 15.5. The number of hydrogen-bond acceptors (Lipinski definition) is 11. The van der Waals surface area contributed by atoms with Crippen LogP contribution < -0.4 is 16.4 Å². The number of carbonyl (C=O) groups excluding carboxylic acids is 7. The van der Waals surface area contributed by atoms with Crippen LogP contribution in [0.5, 0.6) is 0 Å². The van der Waals surface area contributed by atoms with Crippen molar-refractivity contribution in [1.82, 2.24) is 20.4 Å². The zero-order valence-electron chi connectivity index (χ0n) is 29.3. The Bertz CT molecular complexity index is 1400. The number of nitrogens with one attached hydrogen (secondary N) is 2. The van der Waals surface area contributed by atoms with Crippen molar-refractivity contribution >= 4 is 53.4 Å². The van der Waals surface area contributed by atoms with Crippen LogP contribution in [0.4, 0.5) is 4.79 Å². The predicted molar refractivity (Wildman–Crippen MR) is 184 cm³/mol. The Balaban J connectivity index is 2.31. The van der Waals surface area contributed by atoms with Crippen molar-refractivity contribution in [1.29, 1.82) is 0 Å². The van der Waals surface area contributed by atoms with E-state index in [1.165, 1.54) is 23.9 Å². The predicted octanol–water partition coefficient (Wildman–Crippen LogP) is 2.68. The summed E-state index contributed by atoms with van der Waals surface area (Å²) in [7, 11) is 0. The van der Waals surface area contributed by atoms with Crippen LogP contribution in [0.3, 0.4) is 0 Å². The molecule has 2 atom stereocenters. The van der Waals surface area contributed by atoms with Crippen LogP contribution >= 0.6 is 11.8 Å². The van der Waals surface area contributed by atoms with Gasteiger partial charge in [0.2, 0.25) is 5.91 Å². The van der Waals surface area contributed by atoms with Gasteiger partial charge in [0.25, 0.3) is 23.6 Å². The number of imide groups is 2. The molecule has 6 amide bonds. The second-order valence-corrected chi connectivity index (χ2v) is 14.4. The second kappa shape index (κ2) is 18.5. The third-order valence-electron chi connectivity index (χ3n) is 6.92. The molecule has 0 radical (unpaired) electrons. The molecule has 0 unspecified atom stereocenters. The average molecular weight is 704 g/mol. The molecule has 0 spiro atoms. The zero-order chi connectivity index (χ0) is 36.9. The number of benzene rings is 1. The summed E-state index contributed by atoms with van der Waals surface area (Å²) >= 11 is 1.42. The number of esters is 1. The Morgan fingerprint density at radius 3 is 2.14 bits per heavy atom. The highest BCUT2D eigenvalue weighted by atomic mass is 32.2. The standard InChI is InChI=1S/C34H49N5O9S/c1-33(2,3)47-31(45)25(13-8-9-17-38-26(40)14-15-27(38)41)39(28(42)20-35)30(44)24(16-18-49-7)37-29(43)23-12-10-11-22(19-23)21-36-32(46)48-34(4,5)6/h10-12,14-15,19,24-25H,8-9,13,16-18,20-21,35H2,1-7H3,(H,36,46)(H,37,43)/t24-,25-/m0/s1. The third kappa shape index (κ3) is 13.7. The van der Waals surface area contributed by atoms with Gasteiger partial charge in [0.15, 0.2) is 0 Å². The maximum absolute atomic E-state index is 14.2. The molecule has 4 N–H and O–H groups in total. The van der Waals surface area contributed by atoms with Gasteiger partial charge in [0.05, 0.1) is 6.54 Å². The summed E-state index contributed by atoms with van der Waals surface area (Å²) in [6.07, 6.45) is 4.18. The van der Waals surface area contributed by atoms with E-state index in [1.54, 1.807) is 65.8 Å². The summed E-state index contributed by atoms with van der Waals surface area (Å²) in [6.45, 7) is 9.74. The number of ether oxygens (including phenoxy) is 2. The normalized spacial score (nSPS) is 14.2. The number of nitrogens with zero attached hydrogens (tertiary/aromatic N) is 2. The molecule has 1 aromatic carbocycles. The van der Waals surface area contributed by atoms with Gasteiger partial charge in [-0.25, -0.2) is 9.59 Å². The van der Waals surface area contributed by atoms with Crippen LogP contribution in [0, 0.1) is 0 Å². The largest absolute Gasteiger partial charge is 0.458 e. The van der Waals surface area contributed by atoms with E-state index in [-0.39, 0.29) is 37.9 Å². The minimum Gasteiger partial charge on any atom is -0.458 e. The number of unbranched alkanes of at least 4 members (excludes halogenated alkanes) is 1. The van der Waals surface area contributed by atoms with E-state index in [0.717, 1.165) is 9.80 Å². The van der Waals surface area contributed by atoms with Crippen LogP contribution in [0.2, 0.25) is 0 Å². The summed E-state index contributed by atoms with van der Waals surface area (Å²) in [6, 6.07) is 3.84. The molecule has 49 heavy (non-hydrogen) atoms. The molecule has 1 aliphatic heterocycles. The number of rotatable bonds is 16. The van der Waals surface area contributed by atoms with Crippen LogP contribution in [0.25, 0.3) is 0 Å². The smallest absolute Gasteiger partial charge is 0.407 e. The van der Waals surface area contributed by atoms with E-state index < -0.39 is 71.4 Å². The molecule has 270 valence electrons. The molecule has 1 heterocycles. The van der Waals surface area contributed by atoms with Gasteiger partial charge in [-0.15, -0.1) is 0 Å². The SMILES string of the molecule is CSCC[C@H](NC(=O)c1cccc(CNC(=O)OC(C)(C)C)c1)C(=O)N(C(=O)CN)[C@@H](CCCCN1C(=O)C=CC1=O)C(=O)OC(C)(C)C. The van der Waals surface area contributed by atoms with Crippen molar-refractivity contribution in [3.05, 3.63) is 47.5 Å². The van der Waals surface area contributed by atoms with Gasteiger partial charge in [-0.2, -0.15) is 11.8 Å². The topological polar surface area (TPSA) is 195 Å². The number of hydrogen-bond donors (Lipinski definition) is 3. The maximum Gasteiger partial charge on any atom is 0.407 e. The summed E-state index contributed by atoms with van der Waals surface area (Å²) in [4.78, 5) is 92.3. The minimum atomic E-state index is -1.39. The first-order valence-corrected chi connectivity index (χ1v) is 17.4. The average Bonchev–Trinajstić information content (AvgIpc) is 3.33. The first kappa shape index (κ1) is 40.9. The number of carbonyl (C=O) groups is 7. The van der Waals surface area contributed by atoms with Crippen molar-refractivity contribution in [2.45, 2.75) is 97.1 Å². The molecular weight excluding hydrogens is 654 g/mol. The van der Waals surface area contributed by atoms with Crippen molar-refractivity contribution in [3.63, 3.8) is 0 Å². The second-order valence-electron chi connectivity index (χ2n) is 13.4. The zero-order valence-corrected chi connectivity index (χ0v) is 30.1. The van der Waals surface area contributed by atoms with Gasteiger partial charge < -0.3 is 25.8 Å². The van der Waals surface area contributed by atoms with Gasteiger partial charge >= 0.3 is 12.1 Å². The van der Waals surface area contributed by atoms with E-state index in [4.69, 9.17) is 15.2 Å². The van der Waals surface area contributed by atoms with Crippen molar-refractivity contribution < 1.29 is 43.0 Å². The van der Waals surface area contributed by atoms with Crippen molar-refractivity contribution in [2.75, 3.05) is 25.1 Å². The molecular formula is C34H49N5O9S. The lowest BCUT2D eigenvalue weighted by Gasteiger charge is -2.33. The molecule has 1 aliphatic rings. The summed E-state index contributed by atoms with van der Waals surface area (Å²) in [5.74, 6) is -3.57. The third-order valence-corrected chi connectivity index (χ3v) is 7.56. The molecule has 0 aliphatic carbocycles. The summed E-state index contributed by atoms with van der Waals surface area (Å²) in [5, 5.41) is 5.35. The Labute approximate surface area is 291 Å². The number of nitrogens with two attached hydrogens (primary N) is 1. The van der Waals surface area contributed by atoms with Crippen LogP contribution in [0.15, 0.2) is 36.4 Å². The van der Waals surface area contributed by atoms with E-state index >= 15 is 0 Å². The Hall–Kier alpha value is -4.24. The Morgan fingerprint density at radius 2 is 1.57 bits per heavy atom. The highest BCUT2D eigenvalue weighted by Crippen LogP contribution is 2.20. The van der Waals surface area contributed by atoms with Crippen molar-refractivity contribution in [3.8, 4) is 0 Å². The van der Waals surface area contributed by atoms with E-state index in [1.807, 2.05) is 6.26 Å². The number of alkyl carbamates (subject to hydrolysis) is 1. The lowest BCUT2D eigenvalue weighted by molar-refractivity contribution is -0.169. The number of amides is 6. The summed E-state index contributed by atoms with van der Waals surface area (Å²) in [5.41, 5.74) is 4.89. The van der Waals surface area contributed by atoms with Gasteiger partial charge in [0.1, 0.15) is 23.3 Å². The minimum absolute atomic E-state index is 0.0358. The van der Waals surface area contributed by atoms with E-state index in [2.05, 4.69) is 10.6 Å². The van der Waals surface area contributed by atoms with Gasteiger partial charge in [-0.1, -0.05) is 12.1 Å². The van der Waals surface area contributed by atoms with E-state index in [0.29, 0.717) is 17.7 Å². The summed E-state index contributed by atoms with van der Waals surface area (Å²) < 4.78 is 10.9. The Morgan fingerprint density at radius 1 is 0.939 bits per heavy atom. The molecule has 0 saturated heterocycles. The molecule has 15 heteroatoms. The molecule has 0 fully saturated rings. The fourth-order valence-electron chi connectivity index (χ4n) is 4.74. The van der Waals surface area contributed by atoms with Crippen LogP contribution in [-0.2, 0) is 40.0 Å². The highest BCUT2D eigenvalue weighted by molar-refractivity contribution is 7.98. The lowest BCUT2D eigenvalue weighted by atomic mass is 10.0. The molecule has 1 aromatic rings. The molecule has 2 rings (SSSR count).